The van der Waals surface area contributed by atoms with E-state index in [1.54, 1.807) is 0 Å². The van der Waals surface area contributed by atoms with E-state index >= 15 is 0 Å². The number of alkyl halides is 9. The molecule has 1 amide bonds. The number of likely N-dealkylation sites (N-methyl/N-ethyl adjacent to an activating group) is 1. The van der Waals surface area contributed by atoms with Crippen LogP contribution in [-0.2, 0) is 10.2 Å². The Hall–Kier alpha value is -1.94. The summed E-state index contributed by atoms with van der Waals surface area (Å²) in [5.41, 5.74) is -2.22. The zero-order valence-corrected chi connectivity index (χ0v) is 14.2. The minimum atomic E-state index is -6.98. The lowest BCUT2D eigenvalue weighted by Gasteiger charge is -2.37. The number of carbonyl (C=O) groups is 1. The molecule has 0 bridgehead atoms. The molecule has 0 aliphatic carbocycles. The Bertz CT molecular complexity index is 772. The third-order valence-electron chi connectivity index (χ3n) is 4.73. The smallest absolute Gasteiger partial charge is 0.314 e. The van der Waals surface area contributed by atoms with Crippen LogP contribution in [-0.4, -0.2) is 36.9 Å². The topological polar surface area (TPSA) is 20.3 Å². The molecular weight excluding hydrogens is 393 g/mol. The number of amides is 1. The number of hydrogen-bond donors (Lipinski definition) is 0. The maximum absolute atomic E-state index is 14.1. The first-order chi connectivity index (χ1) is 11.9. The highest BCUT2D eigenvalue weighted by Crippen LogP contribution is 2.57. The van der Waals surface area contributed by atoms with E-state index in [9.17, 15) is 44.3 Å². The van der Waals surface area contributed by atoms with Crippen molar-refractivity contribution in [1.29, 1.82) is 0 Å². The Balaban J connectivity index is 2.57. The molecule has 0 N–H and O–H groups in total. The van der Waals surface area contributed by atoms with Crippen molar-refractivity contribution in [3.8, 4) is 0 Å². The maximum Gasteiger partial charge on any atom is 0.460 e. The fourth-order valence-corrected chi connectivity index (χ4v) is 3.36. The van der Waals surface area contributed by atoms with Crippen LogP contribution in [0.25, 0.3) is 0 Å². The molecule has 152 valence electrons. The quantitative estimate of drug-likeness (QED) is 0.637. The van der Waals surface area contributed by atoms with Gasteiger partial charge in [0.05, 0.1) is 5.41 Å². The number of carbonyl (C=O) groups excluding carboxylic acids is 1. The van der Waals surface area contributed by atoms with Gasteiger partial charge in [0.15, 0.2) is 0 Å². The molecule has 0 fully saturated rings. The summed E-state index contributed by atoms with van der Waals surface area (Å²) >= 11 is 0. The van der Waals surface area contributed by atoms with Gasteiger partial charge in [-0.3, -0.25) is 4.79 Å². The van der Waals surface area contributed by atoms with Crippen molar-refractivity contribution in [2.24, 2.45) is 0 Å². The first-order valence-corrected chi connectivity index (χ1v) is 7.50. The lowest BCUT2D eigenvalue weighted by molar-refractivity contribution is -0.397. The number of nitrogens with zero attached hydrogens (tertiary/aromatic N) is 1. The third kappa shape index (κ3) is 2.77. The number of benzene rings is 1. The van der Waals surface area contributed by atoms with Crippen LogP contribution in [0.5, 0.6) is 0 Å². The normalized spacial score (nSPS) is 21.6. The largest absolute Gasteiger partial charge is 0.460 e. The van der Waals surface area contributed by atoms with Crippen molar-refractivity contribution >= 4 is 11.6 Å². The van der Waals surface area contributed by atoms with Crippen LogP contribution in [0.15, 0.2) is 18.2 Å². The van der Waals surface area contributed by atoms with Crippen molar-refractivity contribution in [1.82, 2.24) is 0 Å². The Morgan fingerprint density at radius 3 is 1.96 bits per heavy atom. The highest BCUT2D eigenvalue weighted by molar-refractivity contribution is 6.08. The molecule has 0 saturated carbocycles. The van der Waals surface area contributed by atoms with Crippen molar-refractivity contribution in [2.75, 3.05) is 11.9 Å². The molecule has 0 aromatic heterocycles. The molecule has 11 heteroatoms. The number of rotatable bonds is 4. The van der Waals surface area contributed by atoms with Gasteiger partial charge in [0.2, 0.25) is 5.91 Å². The summed E-state index contributed by atoms with van der Waals surface area (Å²) < 4.78 is 119. The molecule has 0 unspecified atom stereocenters. The standard InChI is InChI=1S/C16H14F9NO/c1-8-5-4-6-9-10(8)12(2,11(27)26(9)3)7-13(17,18)14(19,20)15(21,22)16(23,24)25/h4-6H,7H2,1-3H3/t12-/m0/s1. The summed E-state index contributed by atoms with van der Waals surface area (Å²) in [4.78, 5) is 13.3. The summed E-state index contributed by atoms with van der Waals surface area (Å²) in [5, 5.41) is 0. The van der Waals surface area contributed by atoms with Gasteiger partial charge in [0, 0.05) is 19.2 Å². The minimum absolute atomic E-state index is 0.0872. The molecule has 27 heavy (non-hydrogen) atoms. The van der Waals surface area contributed by atoms with Crippen molar-refractivity contribution in [3.05, 3.63) is 29.3 Å². The highest BCUT2D eigenvalue weighted by Gasteiger charge is 2.82. The third-order valence-corrected chi connectivity index (χ3v) is 4.73. The number of hydrogen-bond acceptors (Lipinski definition) is 1. The number of halogens is 9. The fraction of sp³-hybridized carbons (Fsp3) is 0.562. The summed E-state index contributed by atoms with van der Waals surface area (Å²) in [5.74, 6) is -20.7. The lowest BCUT2D eigenvalue weighted by atomic mass is 9.75. The molecule has 2 nitrogen and oxygen atoms in total. The van der Waals surface area contributed by atoms with Gasteiger partial charge >= 0.3 is 23.9 Å². The number of aryl methyl sites for hydroxylation is 1. The summed E-state index contributed by atoms with van der Waals surface area (Å²) in [6.45, 7) is 2.20. The molecule has 1 heterocycles. The van der Waals surface area contributed by atoms with Gasteiger partial charge < -0.3 is 4.90 Å². The van der Waals surface area contributed by atoms with Gasteiger partial charge in [-0.25, -0.2) is 0 Å². The Morgan fingerprint density at radius 1 is 0.963 bits per heavy atom. The summed E-state index contributed by atoms with van der Waals surface area (Å²) in [6, 6.07) is 4.16. The van der Waals surface area contributed by atoms with Crippen LogP contribution in [0, 0.1) is 6.92 Å². The number of anilines is 1. The van der Waals surface area contributed by atoms with E-state index in [4.69, 9.17) is 0 Å². The molecule has 1 atom stereocenters. The van der Waals surface area contributed by atoms with Gasteiger partial charge in [0.25, 0.3) is 0 Å². The average molecular weight is 407 g/mol. The van der Waals surface area contributed by atoms with E-state index in [1.807, 2.05) is 0 Å². The SMILES string of the molecule is Cc1cccc2c1[C@](C)(CC(F)(F)C(F)(F)C(F)(F)C(F)(F)F)C(=O)N2C. The van der Waals surface area contributed by atoms with E-state index < -0.39 is 41.7 Å². The fourth-order valence-electron chi connectivity index (χ4n) is 3.36. The molecular formula is C16H14F9NO. The first-order valence-electron chi connectivity index (χ1n) is 7.50. The van der Waals surface area contributed by atoms with Crippen molar-refractivity contribution < 1.29 is 44.3 Å². The van der Waals surface area contributed by atoms with E-state index in [0.29, 0.717) is 0 Å². The summed E-state index contributed by atoms with van der Waals surface area (Å²) in [6.07, 6.45) is -9.12. The van der Waals surface area contributed by atoms with Crippen LogP contribution < -0.4 is 4.90 Å². The molecule has 0 radical (unpaired) electrons. The van der Waals surface area contributed by atoms with E-state index in [0.717, 1.165) is 18.9 Å². The van der Waals surface area contributed by atoms with Gasteiger partial charge in [0.1, 0.15) is 0 Å². The summed E-state index contributed by atoms with van der Waals surface area (Å²) in [7, 11) is 1.16. The monoisotopic (exact) mass is 407 g/mol. The second kappa shape index (κ2) is 5.78. The maximum atomic E-state index is 14.1. The van der Waals surface area contributed by atoms with Crippen molar-refractivity contribution in [2.45, 2.75) is 49.6 Å². The second-order valence-electron chi connectivity index (χ2n) is 6.69. The van der Waals surface area contributed by atoms with Crippen LogP contribution >= 0.6 is 0 Å². The number of fused-ring (bicyclic) bond motifs is 1. The van der Waals surface area contributed by atoms with E-state index in [1.165, 1.54) is 25.1 Å². The molecule has 1 aromatic carbocycles. The highest BCUT2D eigenvalue weighted by atomic mass is 19.4. The molecule has 0 spiro atoms. The molecule has 1 aliphatic rings. The molecule has 1 aliphatic heterocycles. The molecule has 1 aromatic rings. The first kappa shape index (κ1) is 21.4. The average Bonchev–Trinajstić information content (AvgIpc) is 2.68. The van der Waals surface area contributed by atoms with Crippen molar-refractivity contribution in [3.63, 3.8) is 0 Å². The van der Waals surface area contributed by atoms with Crippen LogP contribution in [0.1, 0.15) is 24.5 Å². The second-order valence-corrected chi connectivity index (χ2v) is 6.69. The zero-order chi connectivity index (χ0) is 21.2. The predicted molar refractivity (Wildman–Crippen MR) is 77.5 cm³/mol. The Labute approximate surface area is 147 Å². The van der Waals surface area contributed by atoms with Gasteiger partial charge in [-0.2, -0.15) is 39.5 Å². The van der Waals surface area contributed by atoms with E-state index in [-0.39, 0.29) is 16.8 Å². The lowest BCUT2D eigenvalue weighted by Crippen LogP contribution is -2.62. The Kier molecular flexibility index (Phi) is 4.57. The van der Waals surface area contributed by atoms with E-state index in [2.05, 4.69) is 0 Å². The minimum Gasteiger partial charge on any atom is -0.314 e. The Morgan fingerprint density at radius 2 is 1.48 bits per heavy atom. The van der Waals surface area contributed by atoms with Crippen LogP contribution in [0.3, 0.4) is 0 Å². The van der Waals surface area contributed by atoms with Gasteiger partial charge in [-0.1, -0.05) is 12.1 Å². The van der Waals surface area contributed by atoms with Gasteiger partial charge in [-0.15, -0.1) is 0 Å². The predicted octanol–water partition coefficient (Wildman–Crippen LogP) is 5.09. The van der Waals surface area contributed by atoms with Crippen LogP contribution in [0.2, 0.25) is 0 Å². The van der Waals surface area contributed by atoms with Gasteiger partial charge in [-0.05, 0) is 31.0 Å². The molecule has 0 saturated heterocycles. The van der Waals surface area contributed by atoms with Crippen LogP contribution in [0.4, 0.5) is 45.2 Å². The molecule has 2 rings (SSSR count). The zero-order valence-electron chi connectivity index (χ0n) is 14.2.